The molecule has 3 heterocycles. The normalized spacial score (nSPS) is 29.8. The van der Waals surface area contributed by atoms with Crippen LogP contribution in [0.1, 0.15) is 30.1 Å². The Balaban J connectivity index is 1.48. The number of hydrogen-bond acceptors (Lipinski definition) is 20. The molecule has 5 rings (SSSR count). The van der Waals surface area contributed by atoms with Crippen LogP contribution in [0.25, 0.3) is 6.08 Å². The van der Waals surface area contributed by atoms with E-state index in [2.05, 4.69) is 4.74 Å². The summed E-state index contributed by atoms with van der Waals surface area (Å²) >= 11 is 0. The number of hydrogen-bond donors (Lipinski definition) is 12. The number of fused-ring (bicyclic) bond motifs is 1. The quantitative estimate of drug-likeness (QED) is 0.0413. The van der Waals surface area contributed by atoms with Crippen LogP contribution in [-0.4, -0.2) is 165 Å². The van der Waals surface area contributed by atoms with Crippen LogP contribution in [0.3, 0.4) is 0 Å². The van der Waals surface area contributed by atoms with Crippen molar-refractivity contribution < 1.29 is 114 Å². The molecule has 0 saturated carbocycles. The zero-order chi connectivity index (χ0) is 41.2. The van der Waals surface area contributed by atoms with Gasteiger partial charge in [-0.15, -0.1) is 0 Å². The molecular weight excluding hydrogens is 764 g/mol. The molecule has 0 aliphatic carbocycles. The Morgan fingerprint density at radius 2 is 1.12 bits per heavy atom. The van der Waals surface area contributed by atoms with E-state index in [1.54, 1.807) is 0 Å². The van der Waals surface area contributed by atoms with E-state index in [1.807, 2.05) is 0 Å². The maximum Gasteiger partial charge on any atom is 0.317 e. The van der Waals surface area contributed by atoms with Crippen LogP contribution in [0.15, 0.2) is 30.0 Å². The van der Waals surface area contributed by atoms with Gasteiger partial charge in [0.25, 0.3) is 11.9 Å². The van der Waals surface area contributed by atoms with Crippen molar-refractivity contribution in [1.82, 2.24) is 0 Å². The van der Waals surface area contributed by atoms with Crippen molar-refractivity contribution in [3.05, 3.63) is 41.2 Å². The number of carboxylic acids is 2. The summed E-state index contributed by atoms with van der Waals surface area (Å²) in [5.74, 6) is -9.33. The molecule has 306 valence electrons. The van der Waals surface area contributed by atoms with E-state index in [0.29, 0.717) is 0 Å². The molecule has 3 aliphatic heterocycles. The summed E-state index contributed by atoms with van der Waals surface area (Å²) in [4.78, 5) is 45.3. The van der Waals surface area contributed by atoms with Gasteiger partial charge in [0.15, 0.2) is 23.0 Å². The highest BCUT2D eigenvalue weighted by Gasteiger charge is 2.49. The molecule has 0 amide bonds. The highest BCUT2D eigenvalue weighted by Crippen LogP contribution is 2.48. The van der Waals surface area contributed by atoms with Crippen LogP contribution < -0.4 is 4.74 Å². The fourth-order valence-corrected chi connectivity index (χ4v) is 5.75. The van der Waals surface area contributed by atoms with Gasteiger partial charge in [0.05, 0.1) is 11.6 Å². The van der Waals surface area contributed by atoms with Crippen LogP contribution in [0.4, 0.5) is 0 Å². The number of aliphatic hydroxyl groups excluding tert-OH is 6. The first-order chi connectivity index (χ1) is 26.3. The van der Waals surface area contributed by atoms with Crippen molar-refractivity contribution >= 4 is 30.0 Å². The van der Waals surface area contributed by atoms with Gasteiger partial charge in [-0.2, -0.15) is 0 Å². The molecular formula is C33H37O23+. The van der Waals surface area contributed by atoms with Gasteiger partial charge in [-0.25, -0.2) is 0 Å². The Bertz CT molecular complexity index is 1820. The third kappa shape index (κ3) is 9.23. The minimum Gasteiger partial charge on any atom is -0.571 e. The summed E-state index contributed by atoms with van der Waals surface area (Å²) in [5.41, 5.74) is -0.180. The summed E-state index contributed by atoms with van der Waals surface area (Å²) < 4.78 is 36.9. The number of ether oxygens (including phenoxy) is 7. The molecule has 0 bridgehead atoms. The van der Waals surface area contributed by atoms with Gasteiger partial charge in [-0.3, -0.25) is 19.2 Å². The minimum absolute atomic E-state index is 0.0889. The van der Waals surface area contributed by atoms with E-state index >= 15 is 0 Å². The topological polar surface area (TPSA) is 379 Å². The fraction of sp³-hybridized carbons (Fsp3) is 0.455. The first-order valence-electron chi connectivity index (χ1n) is 16.4. The first-order valence-corrected chi connectivity index (χ1v) is 16.4. The van der Waals surface area contributed by atoms with Gasteiger partial charge in [0.1, 0.15) is 91.9 Å². The number of esters is 2. The van der Waals surface area contributed by atoms with E-state index in [4.69, 9.17) is 38.6 Å². The van der Waals surface area contributed by atoms with E-state index < -0.39 is 140 Å². The number of aliphatic hydroxyl groups is 7. The molecule has 2 fully saturated rings. The Morgan fingerprint density at radius 3 is 1.61 bits per heavy atom. The summed E-state index contributed by atoms with van der Waals surface area (Å²) in [6.45, 7) is -1.60. The number of carbonyl (C=O) groups excluding carboxylic acids is 2. The van der Waals surface area contributed by atoms with Crippen molar-refractivity contribution in [3.63, 3.8) is 0 Å². The molecule has 2 aromatic rings. The van der Waals surface area contributed by atoms with Crippen LogP contribution in [0, 0.1) is 0 Å². The van der Waals surface area contributed by atoms with Crippen molar-refractivity contribution in [2.24, 2.45) is 0 Å². The first kappa shape index (κ1) is 41.5. The van der Waals surface area contributed by atoms with E-state index in [0.717, 1.165) is 30.3 Å². The lowest BCUT2D eigenvalue weighted by Gasteiger charge is -2.41. The number of aliphatic carboxylic acids is 2. The zero-order valence-electron chi connectivity index (χ0n) is 28.5. The van der Waals surface area contributed by atoms with E-state index in [1.165, 1.54) is 0 Å². The zero-order valence-corrected chi connectivity index (χ0v) is 28.5. The smallest absolute Gasteiger partial charge is 0.317 e. The van der Waals surface area contributed by atoms with Gasteiger partial charge >= 0.3 is 23.9 Å². The summed E-state index contributed by atoms with van der Waals surface area (Å²) in [6.07, 6.45) is -21.1. The van der Waals surface area contributed by atoms with Crippen LogP contribution in [-0.2, 0) is 42.9 Å². The third-order valence-corrected chi connectivity index (χ3v) is 8.58. The number of rotatable bonds is 13. The molecule has 0 radical (unpaired) electrons. The third-order valence-electron chi connectivity index (χ3n) is 8.58. The minimum atomic E-state index is -2.03. The maximum absolute atomic E-state index is 11.8. The Hall–Kier alpha value is -5.66. The molecule has 56 heavy (non-hydrogen) atoms. The van der Waals surface area contributed by atoms with Gasteiger partial charge in [-0.05, 0) is 12.1 Å². The number of aromatic hydroxyl groups is 5. The SMILES string of the molecule is O=C(O)CC(=O)OC[C@H]1O[C@@H](OC2=Cc3c(O[C@@H]4O[C@H](COC(=O)CC(=O)O)[C@@H](O)[C@H](O)[C@H]4O)cc(O)cc3[OH+]C2c2cc(O)c(O)c(O)c2)[C@H](O)[C@@H](O)[C@@H]1O. The molecule has 3 aliphatic rings. The van der Waals surface area contributed by atoms with E-state index in [9.17, 15) is 70.2 Å². The van der Waals surface area contributed by atoms with E-state index in [-0.39, 0.29) is 28.4 Å². The fourth-order valence-electron chi connectivity index (χ4n) is 5.75. The number of carbonyl (C=O) groups is 4. The van der Waals surface area contributed by atoms with Crippen LogP contribution in [0.5, 0.6) is 34.5 Å². The number of phenols is 4. The molecule has 1 unspecified atom stereocenters. The van der Waals surface area contributed by atoms with Gasteiger partial charge in [0.2, 0.25) is 12.6 Å². The predicted molar refractivity (Wildman–Crippen MR) is 173 cm³/mol. The lowest BCUT2D eigenvalue weighted by atomic mass is 9.98. The lowest BCUT2D eigenvalue weighted by Crippen LogP contribution is -2.60. The Morgan fingerprint density at radius 1 is 0.643 bits per heavy atom. The molecule has 2 aromatic carbocycles. The largest absolute Gasteiger partial charge is 0.571 e. The maximum atomic E-state index is 11.8. The van der Waals surface area contributed by atoms with Crippen molar-refractivity contribution in [1.29, 1.82) is 0 Å². The summed E-state index contributed by atoms with van der Waals surface area (Å²) in [6, 6.07) is 4.03. The van der Waals surface area contributed by atoms with Crippen LogP contribution >= 0.6 is 0 Å². The average Bonchev–Trinajstić information content (AvgIpc) is 3.12. The molecule has 0 spiro atoms. The lowest BCUT2D eigenvalue weighted by molar-refractivity contribution is -0.296. The summed E-state index contributed by atoms with van der Waals surface area (Å²) in [7, 11) is 0. The van der Waals surface area contributed by atoms with Gasteiger partial charge < -0.3 is 94.4 Å². The average molecular weight is 802 g/mol. The summed E-state index contributed by atoms with van der Waals surface area (Å²) in [5, 5.41) is 122. The molecule has 23 heteroatoms. The predicted octanol–water partition coefficient (Wildman–Crippen LogP) is -3.11. The Kier molecular flexibility index (Phi) is 12.6. The second kappa shape index (κ2) is 17.0. The number of phenolic OH excluding ortho intramolecular Hbond substituents is 4. The Labute approximate surface area is 312 Å². The monoisotopic (exact) mass is 801 g/mol. The highest BCUT2D eigenvalue weighted by molar-refractivity contribution is 5.90. The van der Waals surface area contributed by atoms with Gasteiger partial charge in [0, 0.05) is 12.1 Å². The standard InChI is InChI=1S/C33H36O23/c34-11-3-15-12(16(4-11)53-32-29(48)27(46)25(44)18(55-32)8-50-22(41)6-20(37)38)5-17(31(52-15)10-1-13(35)24(43)14(36)2-10)54-33-30(49)28(47)26(45)19(56-33)9-51-23(42)7-21(39)40/h1-5,18-19,25-36,43-49H,6-9H2,(H,37,38)(H,39,40)/p+1/t18-,19-,25-,26-,27+,28+,29-,30-,31?,32-,33-/m1/s1. The van der Waals surface area contributed by atoms with Crippen LogP contribution in [0.2, 0.25) is 0 Å². The number of carboxylic acid groups (broad SMARTS) is 2. The van der Waals surface area contributed by atoms with Crippen molar-refractivity contribution in [2.75, 3.05) is 13.2 Å². The van der Waals surface area contributed by atoms with Gasteiger partial charge in [-0.1, -0.05) is 0 Å². The molecule has 2 saturated heterocycles. The number of benzene rings is 2. The molecule has 0 aromatic heterocycles. The molecule has 23 nitrogen and oxygen atoms in total. The highest BCUT2D eigenvalue weighted by atomic mass is 16.7. The molecule has 13 N–H and O–H groups in total. The molecule has 11 atom stereocenters. The second-order valence-electron chi connectivity index (χ2n) is 12.6. The van der Waals surface area contributed by atoms with Crippen molar-refractivity contribution in [2.45, 2.75) is 80.4 Å². The second-order valence-corrected chi connectivity index (χ2v) is 12.6. The van der Waals surface area contributed by atoms with Crippen molar-refractivity contribution in [3.8, 4) is 34.5 Å².